The van der Waals surface area contributed by atoms with Crippen LogP contribution in [0.1, 0.15) is 68.7 Å². The van der Waals surface area contributed by atoms with Crippen LogP contribution in [0, 0.1) is 0 Å². The molecule has 0 saturated heterocycles. The summed E-state index contributed by atoms with van der Waals surface area (Å²) in [7, 11) is 3.13. The topological polar surface area (TPSA) is 109 Å². The third-order valence-corrected chi connectivity index (χ3v) is 5.63. The lowest BCUT2D eigenvalue weighted by Gasteiger charge is -2.27. The van der Waals surface area contributed by atoms with Gasteiger partial charge in [0.05, 0.1) is 26.1 Å². The van der Waals surface area contributed by atoms with Crippen LogP contribution >= 0.6 is 0 Å². The van der Waals surface area contributed by atoms with E-state index in [-0.39, 0.29) is 16.5 Å². The smallest absolute Gasteiger partial charge is 0.289 e. The summed E-state index contributed by atoms with van der Waals surface area (Å²) in [6.45, 7) is 12.3. The quantitative estimate of drug-likeness (QED) is 0.335. The number of amides is 1. The number of hydrazone groups is 1. The Bertz CT molecular complexity index is 1210. The molecule has 3 aromatic rings. The van der Waals surface area contributed by atoms with E-state index in [2.05, 4.69) is 20.7 Å². The van der Waals surface area contributed by atoms with Crippen molar-refractivity contribution >= 4 is 12.1 Å². The van der Waals surface area contributed by atoms with Gasteiger partial charge in [-0.3, -0.25) is 9.89 Å². The number of rotatable bonds is 6. The Labute approximate surface area is 206 Å². The summed E-state index contributed by atoms with van der Waals surface area (Å²) >= 11 is 0. The lowest BCUT2D eigenvalue weighted by Crippen LogP contribution is -2.19. The molecule has 186 valence electrons. The molecule has 0 radical (unpaired) electrons. The zero-order valence-electron chi connectivity index (χ0n) is 21.6. The average Bonchev–Trinajstić information content (AvgIpc) is 3.28. The van der Waals surface area contributed by atoms with Gasteiger partial charge < -0.3 is 14.6 Å². The number of methoxy groups -OCH3 is 2. The number of hydrogen-bond donors (Lipinski definition) is 3. The predicted molar refractivity (Wildman–Crippen MR) is 138 cm³/mol. The zero-order valence-corrected chi connectivity index (χ0v) is 21.6. The summed E-state index contributed by atoms with van der Waals surface area (Å²) in [5.74, 6) is 1.05. The minimum absolute atomic E-state index is 0.256. The Morgan fingerprint density at radius 1 is 0.971 bits per heavy atom. The largest absolute Gasteiger partial charge is 0.507 e. The number of aromatic hydroxyl groups is 1. The molecule has 0 bridgehead atoms. The first kappa shape index (κ1) is 25.8. The van der Waals surface area contributed by atoms with E-state index in [1.807, 2.05) is 59.7 Å². The van der Waals surface area contributed by atoms with Gasteiger partial charge in [-0.15, -0.1) is 0 Å². The summed E-state index contributed by atoms with van der Waals surface area (Å²) in [5.41, 5.74) is 6.09. The maximum Gasteiger partial charge on any atom is 0.289 e. The molecule has 0 aliphatic carbocycles. The van der Waals surface area contributed by atoms with Crippen LogP contribution in [0.15, 0.2) is 41.5 Å². The van der Waals surface area contributed by atoms with E-state index in [1.165, 1.54) is 0 Å². The van der Waals surface area contributed by atoms with Gasteiger partial charge in [0.15, 0.2) is 11.5 Å². The van der Waals surface area contributed by atoms with Gasteiger partial charge in [-0.05, 0) is 52.8 Å². The lowest BCUT2D eigenvalue weighted by molar-refractivity contribution is 0.0950. The highest BCUT2D eigenvalue weighted by Gasteiger charge is 2.26. The highest BCUT2D eigenvalue weighted by Crippen LogP contribution is 2.39. The van der Waals surface area contributed by atoms with Crippen molar-refractivity contribution in [3.8, 4) is 28.5 Å². The van der Waals surface area contributed by atoms with E-state index < -0.39 is 5.91 Å². The number of nitrogens with zero attached hydrogens (tertiary/aromatic N) is 2. The van der Waals surface area contributed by atoms with Gasteiger partial charge in [-0.1, -0.05) is 41.5 Å². The summed E-state index contributed by atoms with van der Waals surface area (Å²) in [6.07, 6.45) is 1.58. The lowest BCUT2D eigenvalue weighted by atomic mass is 9.78. The molecule has 0 unspecified atom stereocenters. The van der Waals surface area contributed by atoms with E-state index in [4.69, 9.17) is 9.47 Å². The number of benzene rings is 2. The Morgan fingerprint density at radius 3 is 2.11 bits per heavy atom. The third kappa shape index (κ3) is 5.82. The fourth-order valence-electron chi connectivity index (χ4n) is 3.68. The van der Waals surface area contributed by atoms with E-state index in [0.29, 0.717) is 22.9 Å². The Morgan fingerprint density at radius 2 is 1.57 bits per heavy atom. The second-order valence-corrected chi connectivity index (χ2v) is 10.4. The van der Waals surface area contributed by atoms with Crippen LogP contribution in [-0.4, -0.2) is 41.6 Å². The van der Waals surface area contributed by atoms with Crippen molar-refractivity contribution in [1.82, 2.24) is 15.6 Å². The van der Waals surface area contributed by atoms with Crippen molar-refractivity contribution in [2.45, 2.75) is 52.4 Å². The number of hydrogen-bond acceptors (Lipinski definition) is 6. The van der Waals surface area contributed by atoms with Crippen LogP contribution in [0.25, 0.3) is 11.3 Å². The first-order chi connectivity index (χ1) is 16.3. The molecule has 0 fully saturated rings. The molecular weight excluding hydrogens is 444 g/mol. The molecule has 3 rings (SSSR count). The number of nitrogens with one attached hydrogen (secondary N) is 2. The molecule has 1 heterocycles. The Hall–Kier alpha value is -3.81. The number of phenols is 1. The second-order valence-electron chi connectivity index (χ2n) is 10.4. The number of ether oxygens (including phenoxy) is 2. The maximum atomic E-state index is 12.6. The van der Waals surface area contributed by atoms with E-state index in [0.717, 1.165) is 22.3 Å². The van der Waals surface area contributed by atoms with E-state index >= 15 is 0 Å². The molecule has 0 saturated carbocycles. The fourth-order valence-corrected chi connectivity index (χ4v) is 3.68. The standard InChI is InChI=1S/C27H34N4O4/c1-26(2,3)18-11-16(12-19(24(18)32)27(4,5)6)15-28-31-25(33)21-14-20(29-30-21)17-9-10-22(34-7)23(13-17)35-8/h9-15,32H,1-8H3,(H,29,30)(H,31,33). The maximum absolute atomic E-state index is 12.6. The number of aromatic nitrogens is 2. The number of phenolic OH excluding ortho intramolecular Hbond substituents is 1. The molecule has 3 N–H and O–H groups in total. The van der Waals surface area contributed by atoms with E-state index in [1.54, 1.807) is 38.6 Å². The van der Waals surface area contributed by atoms with Gasteiger partial charge in [0.1, 0.15) is 11.4 Å². The molecule has 1 aromatic heterocycles. The van der Waals surface area contributed by atoms with Gasteiger partial charge >= 0.3 is 0 Å². The van der Waals surface area contributed by atoms with Crippen LogP contribution in [-0.2, 0) is 10.8 Å². The first-order valence-electron chi connectivity index (χ1n) is 11.3. The highest BCUT2D eigenvalue weighted by molar-refractivity contribution is 5.94. The minimum atomic E-state index is -0.425. The van der Waals surface area contributed by atoms with Gasteiger partial charge in [-0.2, -0.15) is 10.2 Å². The SMILES string of the molecule is COc1ccc(-c2cc(C(=O)NN=Cc3cc(C(C)(C)C)c(O)c(C(C)(C)C)c3)[nH]n2)cc1OC. The average molecular weight is 479 g/mol. The number of carbonyl (C=O) groups is 1. The van der Waals surface area contributed by atoms with Crippen molar-refractivity contribution < 1.29 is 19.4 Å². The van der Waals surface area contributed by atoms with Crippen molar-refractivity contribution in [3.05, 3.63) is 58.8 Å². The second kappa shape index (κ2) is 9.82. The zero-order chi connectivity index (χ0) is 26.0. The molecule has 8 nitrogen and oxygen atoms in total. The summed E-state index contributed by atoms with van der Waals surface area (Å²) in [4.78, 5) is 12.6. The van der Waals surface area contributed by atoms with Gasteiger partial charge in [0.25, 0.3) is 5.91 Å². The normalized spacial score (nSPS) is 12.1. The molecule has 8 heteroatoms. The van der Waals surface area contributed by atoms with Crippen LogP contribution in [0.3, 0.4) is 0 Å². The van der Waals surface area contributed by atoms with Gasteiger partial charge in [-0.25, -0.2) is 5.43 Å². The molecule has 0 spiro atoms. The molecular formula is C27H34N4O4. The molecule has 0 aliphatic heterocycles. The Kier molecular flexibility index (Phi) is 7.24. The van der Waals surface area contributed by atoms with Crippen LogP contribution in [0.4, 0.5) is 0 Å². The number of aromatic amines is 1. The van der Waals surface area contributed by atoms with Crippen molar-refractivity contribution in [3.63, 3.8) is 0 Å². The highest BCUT2D eigenvalue weighted by atomic mass is 16.5. The summed E-state index contributed by atoms with van der Waals surface area (Å²) in [6, 6.07) is 10.8. The third-order valence-electron chi connectivity index (χ3n) is 5.63. The van der Waals surface area contributed by atoms with Gasteiger partial charge in [0.2, 0.25) is 0 Å². The molecule has 0 atom stereocenters. The Balaban J connectivity index is 1.80. The monoisotopic (exact) mass is 478 g/mol. The van der Waals surface area contributed by atoms with E-state index in [9.17, 15) is 9.90 Å². The van der Waals surface area contributed by atoms with Crippen molar-refractivity contribution in [2.24, 2.45) is 5.10 Å². The molecule has 1 amide bonds. The van der Waals surface area contributed by atoms with Gasteiger partial charge in [0, 0.05) is 16.7 Å². The molecule has 35 heavy (non-hydrogen) atoms. The predicted octanol–water partition coefficient (Wildman–Crippen LogP) is 5.16. The number of H-pyrrole nitrogens is 1. The molecule has 2 aromatic carbocycles. The van der Waals surface area contributed by atoms with Crippen LogP contribution < -0.4 is 14.9 Å². The fraction of sp³-hybridized carbons (Fsp3) is 0.370. The number of carbonyl (C=O) groups excluding carboxylic acids is 1. The van der Waals surface area contributed by atoms with Crippen molar-refractivity contribution in [1.29, 1.82) is 0 Å². The summed E-state index contributed by atoms with van der Waals surface area (Å²) in [5, 5.41) is 22.0. The first-order valence-corrected chi connectivity index (χ1v) is 11.3. The van der Waals surface area contributed by atoms with Crippen molar-refractivity contribution in [2.75, 3.05) is 14.2 Å². The minimum Gasteiger partial charge on any atom is -0.507 e. The summed E-state index contributed by atoms with van der Waals surface area (Å²) < 4.78 is 10.6. The van der Waals surface area contributed by atoms with Crippen LogP contribution in [0.5, 0.6) is 17.2 Å². The van der Waals surface area contributed by atoms with Crippen LogP contribution in [0.2, 0.25) is 0 Å². The molecule has 0 aliphatic rings.